The number of carbonyl (C=O) groups is 1. The second kappa shape index (κ2) is 6.10. The number of aryl methyl sites for hydroxylation is 1. The molecule has 0 amide bonds. The van der Waals surface area contributed by atoms with Gasteiger partial charge in [-0.05, 0) is 40.8 Å². The number of benzene rings is 1. The zero-order valence-electron chi connectivity index (χ0n) is 9.40. The van der Waals surface area contributed by atoms with Gasteiger partial charge in [-0.1, -0.05) is 25.6 Å². The van der Waals surface area contributed by atoms with E-state index in [1.54, 1.807) is 18.2 Å². The molecule has 0 saturated heterocycles. The van der Waals surface area contributed by atoms with E-state index in [2.05, 4.69) is 6.58 Å². The van der Waals surface area contributed by atoms with Crippen molar-refractivity contribution in [3.63, 3.8) is 0 Å². The quantitative estimate of drug-likeness (QED) is 0.662. The molecule has 17 heavy (non-hydrogen) atoms. The Balaban J connectivity index is 3.38. The zero-order valence-corrected chi connectivity index (χ0v) is 11.0. The van der Waals surface area contributed by atoms with Gasteiger partial charge in [0.25, 0.3) is 5.24 Å². The molecule has 0 heterocycles. The first-order chi connectivity index (χ1) is 7.99. The second-order valence-corrected chi connectivity index (χ2v) is 4.78. The average Bonchev–Trinajstić information content (AvgIpc) is 2.27. The Kier molecular flexibility index (Phi) is 5.05. The third-order valence-electron chi connectivity index (χ3n) is 2.46. The molecule has 0 fully saturated rings. The highest BCUT2D eigenvalue weighted by Crippen LogP contribution is 2.21. The lowest BCUT2D eigenvalue weighted by molar-refractivity contribution is 0.108. The molecule has 0 saturated carbocycles. The lowest BCUT2D eigenvalue weighted by Gasteiger charge is -2.10. The van der Waals surface area contributed by atoms with Crippen molar-refractivity contribution in [1.82, 2.24) is 0 Å². The fourth-order valence-corrected chi connectivity index (χ4v) is 2.32. The molecule has 92 valence electrons. The lowest BCUT2D eigenvalue weighted by atomic mass is 9.98. The lowest BCUT2D eigenvalue weighted by Crippen LogP contribution is -2.03. The largest absolute Gasteiger partial charge is 0.306 e. The Morgan fingerprint density at radius 3 is 2.59 bits per heavy atom. The highest BCUT2D eigenvalue weighted by Gasteiger charge is 2.13. The molecule has 0 aliphatic rings. The molecule has 1 atom stereocenters. The van der Waals surface area contributed by atoms with Crippen LogP contribution >= 0.6 is 11.6 Å². The van der Waals surface area contributed by atoms with Gasteiger partial charge in [-0.2, -0.15) is 0 Å². The minimum Gasteiger partial charge on any atom is -0.306 e. The number of hydrogen-bond acceptors (Lipinski definition) is 2. The Morgan fingerprint density at radius 1 is 1.53 bits per heavy atom. The summed E-state index contributed by atoms with van der Waals surface area (Å²) in [4.78, 5) is 11.3. The smallest absolute Gasteiger partial charge is 0.252 e. The topological polar surface area (TPSA) is 54.4 Å². The maximum absolute atomic E-state index is 11.3. The third-order valence-corrected chi connectivity index (χ3v) is 3.22. The predicted octanol–water partition coefficient (Wildman–Crippen LogP) is 2.99. The summed E-state index contributed by atoms with van der Waals surface area (Å²) in [6.07, 6.45) is 2.26. The van der Waals surface area contributed by atoms with Gasteiger partial charge in [0.05, 0.1) is 5.75 Å². The fourth-order valence-electron chi connectivity index (χ4n) is 1.63. The summed E-state index contributed by atoms with van der Waals surface area (Å²) in [6.45, 7) is 5.56. The fraction of sp³-hybridized carbons (Fsp3) is 0.250. The van der Waals surface area contributed by atoms with E-state index in [0.29, 0.717) is 17.5 Å². The van der Waals surface area contributed by atoms with Crippen molar-refractivity contribution >= 4 is 34.0 Å². The van der Waals surface area contributed by atoms with Crippen molar-refractivity contribution < 1.29 is 13.6 Å². The van der Waals surface area contributed by atoms with Gasteiger partial charge in [0, 0.05) is 5.56 Å². The molecule has 5 heteroatoms. The summed E-state index contributed by atoms with van der Waals surface area (Å²) in [7, 11) is 0. The Hall–Kier alpha value is -0.970. The normalized spacial score (nSPS) is 12.2. The Bertz CT molecular complexity index is 483. The molecule has 1 aromatic rings. The summed E-state index contributed by atoms with van der Waals surface area (Å²) in [6, 6.07) is 3.35. The highest BCUT2D eigenvalue weighted by molar-refractivity contribution is 7.78. The van der Waals surface area contributed by atoms with E-state index >= 15 is 0 Å². The van der Waals surface area contributed by atoms with Crippen LogP contribution in [0.4, 0.5) is 0 Å². The van der Waals surface area contributed by atoms with Gasteiger partial charge < -0.3 is 4.55 Å². The van der Waals surface area contributed by atoms with Crippen LogP contribution in [0.15, 0.2) is 18.7 Å². The summed E-state index contributed by atoms with van der Waals surface area (Å²) in [5.74, 6) is -0.0392. The van der Waals surface area contributed by atoms with Crippen LogP contribution in [0.2, 0.25) is 0 Å². The van der Waals surface area contributed by atoms with Crippen molar-refractivity contribution in [1.29, 1.82) is 0 Å². The third kappa shape index (κ3) is 3.49. The molecule has 0 aliphatic heterocycles. The van der Waals surface area contributed by atoms with Crippen molar-refractivity contribution in [2.45, 2.75) is 19.1 Å². The van der Waals surface area contributed by atoms with Crippen LogP contribution in [0.5, 0.6) is 0 Å². The molecule has 1 unspecified atom stereocenters. The van der Waals surface area contributed by atoms with E-state index in [1.807, 2.05) is 6.92 Å². The predicted molar refractivity (Wildman–Crippen MR) is 70.6 cm³/mol. The summed E-state index contributed by atoms with van der Waals surface area (Å²) >= 11 is 3.53. The molecule has 0 spiro atoms. The number of carbonyl (C=O) groups excluding carboxylic acids is 1. The molecule has 0 aliphatic carbocycles. The van der Waals surface area contributed by atoms with Crippen LogP contribution in [-0.2, 0) is 23.3 Å². The van der Waals surface area contributed by atoms with Crippen molar-refractivity contribution in [2.24, 2.45) is 0 Å². The van der Waals surface area contributed by atoms with Crippen molar-refractivity contribution in [2.75, 3.05) is 0 Å². The zero-order chi connectivity index (χ0) is 13.0. The first-order valence-electron chi connectivity index (χ1n) is 5.05. The van der Waals surface area contributed by atoms with Gasteiger partial charge in [0.15, 0.2) is 11.1 Å². The van der Waals surface area contributed by atoms with Crippen LogP contribution in [0.1, 0.15) is 34.0 Å². The molecule has 1 aromatic carbocycles. The first-order valence-corrected chi connectivity index (χ1v) is 6.70. The molecule has 3 nitrogen and oxygen atoms in total. The minimum absolute atomic E-state index is 0.0392. The number of rotatable bonds is 5. The van der Waals surface area contributed by atoms with Gasteiger partial charge >= 0.3 is 0 Å². The molecule has 0 aromatic heterocycles. The van der Waals surface area contributed by atoms with Gasteiger partial charge in [0.2, 0.25) is 0 Å². The SMILES string of the molecule is C=Cc1cc(CC)c(C(=O)Cl)cc1CS(=O)O. The first kappa shape index (κ1) is 14.1. The molecule has 1 N–H and O–H groups in total. The molecular formula is C12H13ClO3S. The number of hydrogen-bond donors (Lipinski definition) is 1. The van der Waals surface area contributed by atoms with Crippen LogP contribution in [0.25, 0.3) is 6.08 Å². The van der Waals surface area contributed by atoms with E-state index in [4.69, 9.17) is 16.2 Å². The molecule has 0 bridgehead atoms. The number of halogens is 1. The monoisotopic (exact) mass is 272 g/mol. The van der Waals surface area contributed by atoms with E-state index in [9.17, 15) is 9.00 Å². The van der Waals surface area contributed by atoms with Crippen LogP contribution in [0, 0.1) is 0 Å². The van der Waals surface area contributed by atoms with E-state index < -0.39 is 16.3 Å². The van der Waals surface area contributed by atoms with Gasteiger partial charge in [-0.3, -0.25) is 4.79 Å². The molecular weight excluding hydrogens is 260 g/mol. The van der Waals surface area contributed by atoms with Crippen LogP contribution in [-0.4, -0.2) is 14.0 Å². The molecule has 0 radical (unpaired) electrons. The van der Waals surface area contributed by atoms with E-state index in [-0.39, 0.29) is 5.75 Å². The standard InChI is InChI=1S/C12H13ClO3S/c1-3-8-5-9(4-2)11(12(13)14)6-10(8)7-17(15)16/h3,5-6H,1,4,7H2,2H3,(H,15,16). The maximum Gasteiger partial charge on any atom is 0.252 e. The summed E-state index contributed by atoms with van der Waals surface area (Å²) in [5, 5.41) is -0.553. The van der Waals surface area contributed by atoms with Gasteiger partial charge in [-0.25, -0.2) is 4.21 Å². The van der Waals surface area contributed by atoms with Gasteiger partial charge in [0.1, 0.15) is 0 Å². The second-order valence-electron chi connectivity index (χ2n) is 3.51. The van der Waals surface area contributed by atoms with E-state index in [1.165, 1.54) is 0 Å². The van der Waals surface area contributed by atoms with Gasteiger partial charge in [-0.15, -0.1) is 0 Å². The van der Waals surface area contributed by atoms with Crippen molar-refractivity contribution in [3.8, 4) is 0 Å². The Morgan fingerprint density at radius 2 is 2.18 bits per heavy atom. The summed E-state index contributed by atoms with van der Waals surface area (Å²) < 4.78 is 19.7. The average molecular weight is 273 g/mol. The maximum atomic E-state index is 11.3. The molecule has 1 rings (SSSR count). The van der Waals surface area contributed by atoms with E-state index in [0.717, 1.165) is 11.1 Å². The van der Waals surface area contributed by atoms with Crippen LogP contribution in [0.3, 0.4) is 0 Å². The highest BCUT2D eigenvalue weighted by atomic mass is 35.5. The Labute approximate surface area is 108 Å². The minimum atomic E-state index is -1.96. The van der Waals surface area contributed by atoms with Crippen LogP contribution < -0.4 is 0 Å². The summed E-state index contributed by atoms with van der Waals surface area (Å²) in [5.41, 5.74) is 2.56. The van der Waals surface area contributed by atoms with Crippen molar-refractivity contribution in [3.05, 3.63) is 41.0 Å².